The van der Waals surface area contributed by atoms with Crippen molar-refractivity contribution in [3.8, 4) is 0 Å². The van der Waals surface area contributed by atoms with E-state index in [1.54, 1.807) is 13.8 Å². The molecule has 0 amide bonds. The van der Waals surface area contributed by atoms with E-state index in [1.165, 1.54) is 0 Å². The monoisotopic (exact) mass is 208 g/mol. The largest absolute Gasteiger partial charge is 0.393 e. The van der Waals surface area contributed by atoms with Crippen LogP contribution in [0, 0.1) is 0 Å². The Morgan fingerprint density at radius 1 is 0.923 bits per heavy atom. The lowest BCUT2D eigenvalue weighted by Crippen LogP contribution is -2.21. The Morgan fingerprint density at radius 2 is 1.38 bits per heavy atom. The van der Waals surface area contributed by atoms with Crippen molar-refractivity contribution >= 4 is 12.6 Å². The molecule has 3 nitrogen and oxygen atoms in total. The maximum atomic E-state index is 9.41. The SMILES string of the molecule is CC(O)CC(O)CC(S)CC(C)O. The van der Waals surface area contributed by atoms with Crippen molar-refractivity contribution in [2.75, 3.05) is 0 Å². The molecule has 0 aliphatic heterocycles. The molecule has 4 heteroatoms. The van der Waals surface area contributed by atoms with E-state index >= 15 is 0 Å². The summed E-state index contributed by atoms with van der Waals surface area (Å²) >= 11 is 4.23. The van der Waals surface area contributed by atoms with Crippen molar-refractivity contribution in [3.63, 3.8) is 0 Å². The number of hydrogen-bond donors (Lipinski definition) is 4. The third kappa shape index (κ3) is 8.56. The van der Waals surface area contributed by atoms with Gasteiger partial charge < -0.3 is 15.3 Å². The molecule has 0 aliphatic carbocycles. The van der Waals surface area contributed by atoms with E-state index in [-0.39, 0.29) is 11.4 Å². The zero-order valence-corrected chi connectivity index (χ0v) is 9.11. The minimum absolute atomic E-state index is 0.00579. The average Bonchev–Trinajstić information content (AvgIpc) is 1.80. The number of thiol groups is 1. The normalized spacial score (nSPS) is 20.8. The Morgan fingerprint density at radius 3 is 1.77 bits per heavy atom. The molecule has 0 heterocycles. The first-order chi connectivity index (χ1) is 5.91. The highest BCUT2D eigenvalue weighted by Gasteiger charge is 2.14. The summed E-state index contributed by atoms with van der Waals surface area (Å²) in [6.07, 6.45) is 0.0556. The number of rotatable bonds is 6. The molecule has 0 rings (SSSR count). The van der Waals surface area contributed by atoms with Crippen LogP contribution >= 0.6 is 12.6 Å². The molecule has 0 bridgehead atoms. The summed E-state index contributed by atoms with van der Waals surface area (Å²) < 4.78 is 0. The van der Waals surface area contributed by atoms with Gasteiger partial charge in [-0.2, -0.15) is 12.6 Å². The molecule has 0 radical (unpaired) electrons. The lowest BCUT2D eigenvalue weighted by atomic mass is 10.0. The molecule has 0 spiro atoms. The number of aliphatic hydroxyl groups excluding tert-OH is 3. The van der Waals surface area contributed by atoms with Crippen LogP contribution in [-0.2, 0) is 0 Å². The van der Waals surface area contributed by atoms with Gasteiger partial charge in [0.15, 0.2) is 0 Å². The van der Waals surface area contributed by atoms with E-state index in [9.17, 15) is 5.11 Å². The third-order valence-electron chi connectivity index (χ3n) is 1.77. The van der Waals surface area contributed by atoms with Crippen molar-refractivity contribution in [2.45, 2.75) is 56.7 Å². The highest BCUT2D eigenvalue weighted by atomic mass is 32.1. The van der Waals surface area contributed by atoms with Gasteiger partial charge in [-0.1, -0.05) is 0 Å². The Kier molecular flexibility index (Phi) is 6.77. The molecule has 0 fully saturated rings. The molecule has 0 saturated carbocycles. The highest BCUT2D eigenvalue weighted by molar-refractivity contribution is 7.80. The Labute approximate surface area is 85.2 Å². The lowest BCUT2D eigenvalue weighted by Gasteiger charge is -2.17. The fraction of sp³-hybridized carbons (Fsp3) is 1.00. The van der Waals surface area contributed by atoms with Crippen molar-refractivity contribution in [1.29, 1.82) is 0 Å². The van der Waals surface area contributed by atoms with Gasteiger partial charge in [-0.05, 0) is 33.1 Å². The Bertz CT molecular complexity index is 114. The first kappa shape index (κ1) is 13.2. The van der Waals surface area contributed by atoms with Crippen molar-refractivity contribution in [3.05, 3.63) is 0 Å². The van der Waals surface area contributed by atoms with Crippen LogP contribution in [0.2, 0.25) is 0 Å². The quantitative estimate of drug-likeness (QED) is 0.483. The summed E-state index contributed by atoms with van der Waals surface area (Å²) in [6.45, 7) is 3.34. The summed E-state index contributed by atoms with van der Waals surface area (Å²) in [4.78, 5) is 0. The van der Waals surface area contributed by atoms with E-state index in [4.69, 9.17) is 10.2 Å². The molecule has 0 saturated heterocycles. The zero-order chi connectivity index (χ0) is 10.4. The van der Waals surface area contributed by atoms with Crippen LogP contribution in [0.4, 0.5) is 0 Å². The Balaban J connectivity index is 3.58. The van der Waals surface area contributed by atoms with Crippen molar-refractivity contribution < 1.29 is 15.3 Å². The molecule has 3 N–H and O–H groups in total. The molecule has 4 unspecified atom stereocenters. The van der Waals surface area contributed by atoms with Gasteiger partial charge >= 0.3 is 0 Å². The van der Waals surface area contributed by atoms with Crippen molar-refractivity contribution in [1.82, 2.24) is 0 Å². The predicted octanol–water partition coefficient (Wildman–Crippen LogP) is 0.578. The van der Waals surface area contributed by atoms with Gasteiger partial charge in [0.2, 0.25) is 0 Å². The van der Waals surface area contributed by atoms with Gasteiger partial charge in [0.05, 0.1) is 18.3 Å². The van der Waals surface area contributed by atoms with Crippen LogP contribution in [0.25, 0.3) is 0 Å². The van der Waals surface area contributed by atoms with Crippen LogP contribution < -0.4 is 0 Å². The second kappa shape index (κ2) is 6.65. The molecule has 0 aromatic rings. The first-order valence-corrected chi connectivity index (χ1v) is 5.15. The van der Waals surface area contributed by atoms with Crippen LogP contribution in [0.3, 0.4) is 0 Å². The summed E-state index contributed by atoms with van der Waals surface area (Å²) in [5.74, 6) is 0. The molecule has 80 valence electrons. The van der Waals surface area contributed by atoms with Gasteiger partial charge in [-0.15, -0.1) is 0 Å². The molecule has 4 atom stereocenters. The fourth-order valence-electron chi connectivity index (χ4n) is 1.29. The first-order valence-electron chi connectivity index (χ1n) is 4.64. The van der Waals surface area contributed by atoms with E-state index in [2.05, 4.69) is 12.6 Å². The van der Waals surface area contributed by atoms with Gasteiger partial charge in [-0.3, -0.25) is 0 Å². The van der Waals surface area contributed by atoms with E-state index in [0.29, 0.717) is 19.3 Å². The average molecular weight is 208 g/mol. The van der Waals surface area contributed by atoms with Crippen LogP contribution in [0.15, 0.2) is 0 Å². The number of hydrogen-bond acceptors (Lipinski definition) is 4. The lowest BCUT2D eigenvalue weighted by molar-refractivity contribution is 0.0816. The molecular weight excluding hydrogens is 188 g/mol. The van der Waals surface area contributed by atoms with Gasteiger partial charge in [0, 0.05) is 5.25 Å². The second-order valence-electron chi connectivity index (χ2n) is 3.71. The van der Waals surface area contributed by atoms with E-state index < -0.39 is 12.2 Å². The predicted molar refractivity (Wildman–Crippen MR) is 56.0 cm³/mol. The topological polar surface area (TPSA) is 60.7 Å². The highest BCUT2D eigenvalue weighted by Crippen LogP contribution is 2.14. The van der Waals surface area contributed by atoms with E-state index in [1.807, 2.05) is 0 Å². The van der Waals surface area contributed by atoms with Gasteiger partial charge in [0.1, 0.15) is 0 Å². The molecule has 0 aromatic carbocycles. The zero-order valence-electron chi connectivity index (χ0n) is 8.22. The minimum atomic E-state index is -0.527. The maximum absolute atomic E-state index is 9.41. The summed E-state index contributed by atoms with van der Waals surface area (Å²) in [5.41, 5.74) is 0. The maximum Gasteiger partial charge on any atom is 0.0575 e. The van der Waals surface area contributed by atoms with Gasteiger partial charge in [-0.25, -0.2) is 0 Å². The van der Waals surface area contributed by atoms with Crippen LogP contribution in [0.5, 0.6) is 0 Å². The molecule has 0 aromatic heterocycles. The summed E-state index contributed by atoms with van der Waals surface area (Å²) in [5, 5.41) is 27.4. The van der Waals surface area contributed by atoms with Crippen molar-refractivity contribution in [2.24, 2.45) is 0 Å². The van der Waals surface area contributed by atoms with E-state index in [0.717, 1.165) is 0 Å². The van der Waals surface area contributed by atoms with Crippen LogP contribution in [-0.4, -0.2) is 38.9 Å². The molecule has 0 aliphatic rings. The minimum Gasteiger partial charge on any atom is -0.393 e. The standard InChI is InChI=1S/C9H20O3S/c1-6(10)3-8(12)5-9(13)4-7(2)11/h6-13H,3-5H2,1-2H3. The fourth-order valence-corrected chi connectivity index (χ4v) is 1.84. The summed E-state index contributed by atoms with van der Waals surface area (Å²) in [7, 11) is 0. The molecule has 13 heavy (non-hydrogen) atoms. The smallest absolute Gasteiger partial charge is 0.0575 e. The van der Waals surface area contributed by atoms with Crippen LogP contribution in [0.1, 0.15) is 33.1 Å². The third-order valence-corrected chi connectivity index (χ3v) is 2.19. The second-order valence-corrected chi connectivity index (χ2v) is 4.44. The molecular formula is C9H20O3S. The van der Waals surface area contributed by atoms with Gasteiger partial charge in [0.25, 0.3) is 0 Å². The number of aliphatic hydroxyl groups is 3. The summed E-state index contributed by atoms with van der Waals surface area (Å²) in [6, 6.07) is 0. The Hall–Kier alpha value is 0.230.